The molecule has 0 aliphatic heterocycles. The zero-order valence-electron chi connectivity index (χ0n) is 6.83. The van der Waals surface area contributed by atoms with Crippen molar-refractivity contribution in [1.82, 2.24) is 3.93 Å². The lowest BCUT2D eigenvalue weighted by atomic mass is 10.2. The molecule has 0 spiro atoms. The van der Waals surface area contributed by atoms with Gasteiger partial charge in [0.05, 0.1) is 16.1 Å². The number of rotatable bonds is 2. The van der Waals surface area contributed by atoms with Gasteiger partial charge in [0.25, 0.3) is 5.91 Å². The second-order valence-corrected chi connectivity index (χ2v) is 3.21. The standard InChI is InChI=1S/C9H10BrNO/c1-2-11(10)9(12)8-6-4-3-5-7-8/h3-7H,2H2,1H3. The summed E-state index contributed by atoms with van der Waals surface area (Å²) in [7, 11) is 0. The summed E-state index contributed by atoms with van der Waals surface area (Å²) < 4.78 is 1.50. The minimum absolute atomic E-state index is 0.00176. The third-order valence-corrected chi connectivity index (χ3v) is 2.34. The van der Waals surface area contributed by atoms with Gasteiger partial charge in [0.1, 0.15) is 0 Å². The molecule has 64 valence electrons. The van der Waals surface area contributed by atoms with Crippen molar-refractivity contribution in [3.8, 4) is 0 Å². The van der Waals surface area contributed by atoms with Crippen LogP contribution in [-0.4, -0.2) is 16.4 Å². The molecule has 1 aromatic rings. The van der Waals surface area contributed by atoms with Crippen molar-refractivity contribution >= 4 is 22.1 Å². The number of carbonyl (C=O) groups excluding carboxylic acids is 1. The highest BCUT2D eigenvalue weighted by Crippen LogP contribution is 2.07. The molecule has 2 nitrogen and oxygen atoms in total. The van der Waals surface area contributed by atoms with Crippen molar-refractivity contribution in [3.05, 3.63) is 35.9 Å². The summed E-state index contributed by atoms with van der Waals surface area (Å²) in [6.07, 6.45) is 0. The smallest absolute Gasteiger partial charge is 0.263 e. The Morgan fingerprint density at radius 3 is 2.50 bits per heavy atom. The SMILES string of the molecule is CCN(Br)C(=O)c1ccccc1. The highest BCUT2D eigenvalue weighted by molar-refractivity contribution is 9.07. The van der Waals surface area contributed by atoms with E-state index in [9.17, 15) is 4.79 Å². The Morgan fingerprint density at radius 2 is 2.00 bits per heavy atom. The average molecular weight is 228 g/mol. The van der Waals surface area contributed by atoms with Gasteiger partial charge >= 0.3 is 0 Å². The molecule has 0 heterocycles. The van der Waals surface area contributed by atoms with E-state index in [1.165, 1.54) is 3.93 Å². The van der Waals surface area contributed by atoms with Crippen LogP contribution in [0.5, 0.6) is 0 Å². The van der Waals surface area contributed by atoms with Crippen LogP contribution in [0.25, 0.3) is 0 Å². The molecule has 0 aromatic heterocycles. The molecule has 0 aliphatic rings. The fraction of sp³-hybridized carbons (Fsp3) is 0.222. The number of nitrogens with zero attached hydrogens (tertiary/aromatic N) is 1. The maximum Gasteiger partial charge on any atom is 0.263 e. The number of hydrogen-bond donors (Lipinski definition) is 0. The lowest BCUT2D eigenvalue weighted by Crippen LogP contribution is -2.20. The fourth-order valence-electron chi connectivity index (χ4n) is 0.864. The fourth-order valence-corrected chi connectivity index (χ4v) is 1.07. The molecule has 12 heavy (non-hydrogen) atoms. The molecule has 0 aliphatic carbocycles. The summed E-state index contributed by atoms with van der Waals surface area (Å²) in [6.45, 7) is 2.57. The monoisotopic (exact) mass is 227 g/mol. The summed E-state index contributed by atoms with van der Waals surface area (Å²) in [5, 5.41) is 0. The van der Waals surface area contributed by atoms with Crippen molar-refractivity contribution in [2.75, 3.05) is 6.54 Å². The van der Waals surface area contributed by atoms with E-state index in [-0.39, 0.29) is 5.91 Å². The van der Waals surface area contributed by atoms with Crippen molar-refractivity contribution in [2.45, 2.75) is 6.92 Å². The number of carbonyl (C=O) groups is 1. The van der Waals surface area contributed by atoms with E-state index in [0.717, 1.165) is 0 Å². The topological polar surface area (TPSA) is 20.3 Å². The van der Waals surface area contributed by atoms with Gasteiger partial charge in [-0.15, -0.1) is 0 Å². The summed E-state index contributed by atoms with van der Waals surface area (Å²) >= 11 is 3.16. The van der Waals surface area contributed by atoms with Gasteiger partial charge in [0.2, 0.25) is 0 Å². The first kappa shape index (κ1) is 9.26. The number of halogens is 1. The highest BCUT2D eigenvalue weighted by Gasteiger charge is 2.09. The van der Waals surface area contributed by atoms with Gasteiger partial charge in [-0.2, -0.15) is 0 Å². The Balaban J connectivity index is 2.79. The van der Waals surface area contributed by atoms with E-state index in [4.69, 9.17) is 0 Å². The van der Waals surface area contributed by atoms with Gasteiger partial charge < -0.3 is 0 Å². The molecule has 0 N–H and O–H groups in total. The molecular formula is C9H10BrNO. The maximum atomic E-state index is 11.5. The largest absolute Gasteiger partial charge is 0.275 e. The predicted molar refractivity (Wildman–Crippen MR) is 52.1 cm³/mol. The van der Waals surface area contributed by atoms with Gasteiger partial charge in [0, 0.05) is 12.1 Å². The second-order valence-electron chi connectivity index (χ2n) is 2.35. The molecule has 0 bridgehead atoms. The minimum atomic E-state index is -0.00176. The molecular weight excluding hydrogens is 218 g/mol. The molecule has 0 atom stereocenters. The lowest BCUT2D eigenvalue weighted by molar-refractivity contribution is 0.0883. The van der Waals surface area contributed by atoms with E-state index in [1.807, 2.05) is 25.1 Å². The first-order valence-electron chi connectivity index (χ1n) is 3.78. The first-order valence-corrected chi connectivity index (χ1v) is 4.49. The van der Waals surface area contributed by atoms with Crippen molar-refractivity contribution in [2.24, 2.45) is 0 Å². The lowest BCUT2D eigenvalue weighted by Gasteiger charge is -2.10. The Kier molecular flexibility index (Phi) is 3.29. The average Bonchev–Trinajstić information content (AvgIpc) is 2.17. The van der Waals surface area contributed by atoms with Crippen LogP contribution in [0.4, 0.5) is 0 Å². The normalized spacial score (nSPS) is 9.50. The summed E-state index contributed by atoms with van der Waals surface area (Å²) in [4.78, 5) is 11.5. The Hall–Kier alpha value is -0.830. The third-order valence-electron chi connectivity index (χ3n) is 1.52. The number of amides is 1. The molecule has 0 radical (unpaired) electrons. The van der Waals surface area contributed by atoms with Gasteiger partial charge in [-0.05, 0) is 19.1 Å². The number of benzene rings is 1. The molecule has 0 fully saturated rings. The van der Waals surface area contributed by atoms with Crippen LogP contribution in [0.2, 0.25) is 0 Å². The van der Waals surface area contributed by atoms with Crippen LogP contribution < -0.4 is 0 Å². The van der Waals surface area contributed by atoms with Crippen molar-refractivity contribution in [3.63, 3.8) is 0 Å². The van der Waals surface area contributed by atoms with Crippen LogP contribution in [0.15, 0.2) is 30.3 Å². The maximum absolute atomic E-state index is 11.5. The molecule has 0 unspecified atom stereocenters. The molecule has 0 saturated heterocycles. The van der Waals surface area contributed by atoms with Crippen LogP contribution in [0.3, 0.4) is 0 Å². The first-order chi connectivity index (χ1) is 5.75. The van der Waals surface area contributed by atoms with Gasteiger partial charge in [-0.3, -0.25) is 8.72 Å². The van der Waals surface area contributed by atoms with E-state index in [1.54, 1.807) is 12.1 Å². The van der Waals surface area contributed by atoms with E-state index in [0.29, 0.717) is 12.1 Å². The Morgan fingerprint density at radius 1 is 1.42 bits per heavy atom. The highest BCUT2D eigenvalue weighted by atomic mass is 79.9. The van der Waals surface area contributed by atoms with Gasteiger partial charge in [-0.25, -0.2) is 0 Å². The molecule has 0 saturated carbocycles. The van der Waals surface area contributed by atoms with Crippen LogP contribution in [0.1, 0.15) is 17.3 Å². The second kappa shape index (κ2) is 4.26. The summed E-state index contributed by atoms with van der Waals surface area (Å²) in [6, 6.07) is 9.19. The summed E-state index contributed by atoms with van der Waals surface area (Å²) in [5.41, 5.74) is 0.705. The molecule has 1 aromatic carbocycles. The minimum Gasteiger partial charge on any atom is -0.275 e. The third kappa shape index (κ3) is 2.08. The van der Waals surface area contributed by atoms with E-state index >= 15 is 0 Å². The van der Waals surface area contributed by atoms with E-state index < -0.39 is 0 Å². The quantitative estimate of drug-likeness (QED) is 0.712. The van der Waals surface area contributed by atoms with Crippen LogP contribution >= 0.6 is 16.1 Å². The van der Waals surface area contributed by atoms with Crippen LogP contribution in [-0.2, 0) is 0 Å². The molecule has 3 heteroatoms. The predicted octanol–water partition coefficient (Wildman–Crippen LogP) is 2.46. The molecule has 1 amide bonds. The van der Waals surface area contributed by atoms with Crippen molar-refractivity contribution < 1.29 is 4.79 Å². The van der Waals surface area contributed by atoms with Gasteiger partial charge in [-0.1, -0.05) is 18.2 Å². The van der Waals surface area contributed by atoms with Gasteiger partial charge in [0.15, 0.2) is 0 Å². The zero-order valence-corrected chi connectivity index (χ0v) is 8.41. The van der Waals surface area contributed by atoms with Crippen LogP contribution in [0, 0.1) is 0 Å². The summed E-state index contributed by atoms with van der Waals surface area (Å²) in [5.74, 6) is -0.00176. The zero-order chi connectivity index (χ0) is 8.97. The van der Waals surface area contributed by atoms with E-state index in [2.05, 4.69) is 16.1 Å². The van der Waals surface area contributed by atoms with Crippen molar-refractivity contribution in [1.29, 1.82) is 0 Å². The Labute approximate surface area is 80.5 Å². The molecule has 1 rings (SSSR count). The number of hydrogen-bond acceptors (Lipinski definition) is 1. The Bertz CT molecular complexity index is 260.